The van der Waals surface area contributed by atoms with E-state index in [1.165, 1.54) is 64.2 Å². The Labute approximate surface area is 437 Å². The van der Waals surface area contributed by atoms with Crippen LogP contribution in [0, 0.1) is 45.3 Å². The summed E-state index contributed by atoms with van der Waals surface area (Å²) in [5.74, 6) is 0.499. The van der Waals surface area contributed by atoms with E-state index in [0.29, 0.717) is 25.2 Å². The van der Waals surface area contributed by atoms with Gasteiger partial charge in [0.25, 0.3) is 0 Å². The van der Waals surface area contributed by atoms with Crippen molar-refractivity contribution in [3.8, 4) is 0 Å². The molecular weight excluding hydrogens is 901 g/mol. The molecule has 0 aromatic carbocycles. The van der Waals surface area contributed by atoms with Crippen LogP contribution < -0.4 is 0 Å². The number of carbonyl (C=O) groups excluding carboxylic acids is 6. The Hall–Kier alpha value is -3.18. The second-order valence-electron chi connectivity index (χ2n) is 23.5. The predicted octanol–water partition coefficient (Wildman–Crippen LogP) is 15.4. The van der Waals surface area contributed by atoms with E-state index in [4.69, 9.17) is 28.4 Å². The van der Waals surface area contributed by atoms with E-state index >= 15 is 0 Å². The Balaban J connectivity index is -0.000000460. The molecule has 0 aromatic heterocycles. The molecule has 0 spiro atoms. The summed E-state index contributed by atoms with van der Waals surface area (Å²) >= 11 is 0. The fourth-order valence-electron chi connectivity index (χ4n) is 10.6. The highest BCUT2D eigenvalue weighted by molar-refractivity contribution is 5.81. The summed E-state index contributed by atoms with van der Waals surface area (Å²) in [6, 6.07) is 0. The van der Waals surface area contributed by atoms with Crippen molar-refractivity contribution in [2.24, 2.45) is 45.3 Å². The van der Waals surface area contributed by atoms with Crippen molar-refractivity contribution >= 4 is 35.8 Å². The Kier molecular flexibility index (Phi) is 32.3. The fraction of sp³-hybridized carbons (Fsp3) is 0.898. The Morgan fingerprint density at radius 1 is 0.465 bits per heavy atom. The van der Waals surface area contributed by atoms with Gasteiger partial charge in [-0.15, -0.1) is 0 Å². The Morgan fingerprint density at radius 3 is 1.14 bits per heavy atom. The van der Waals surface area contributed by atoms with E-state index in [2.05, 4.69) is 13.8 Å². The first kappa shape index (κ1) is 74.3. The maximum atomic E-state index is 12.4. The molecule has 6 rings (SSSR count). The number of hydrogen-bond acceptors (Lipinski definition) is 12. The van der Waals surface area contributed by atoms with Crippen LogP contribution >= 0.6 is 0 Å². The Bertz CT molecular complexity index is 1570. The molecular formula is C59H114O12. The zero-order chi connectivity index (χ0) is 49.1. The molecule has 0 N–H and O–H groups in total. The molecule has 12 heteroatoms. The molecule has 0 atom stereocenters. The molecule has 6 aliphatic rings. The van der Waals surface area contributed by atoms with Gasteiger partial charge in [0.05, 0.1) is 16.2 Å². The molecule has 6 aliphatic carbocycles. The summed E-state index contributed by atoms with van der Waals surface area (Å²) in [6.45, 7) is 25.8. The van der Waals surface area contributed by atoms with E-state index in [9.17, 15) is 28.8 Å². The highest BCUT2D eigenvalue weighted by atomic mass is 16.6. The lowest BCUT2D eigenvalue weighted by Crippen LogP contribution is -2.57. The van der Waals surface area contributed by atoms with Crippen molar-refractivity contribution in [1.82, 2.24) is 0 Å². The van der Waals surface area contributed by atoms with E-state index in [0.717, 1.165) is 56.3 Å². The molecule has 0 aromatic rings. The van der Waals surface area contributed by atoms with E-state index in [-0.39, 0.29) is 93.3 Å². The molecule has 4 bridgehead atoms. The van der Waals surface area contributed by atoms with Crippen molar-refractivity contribution < 1.29 is 57.2 Å². The van der Waals surface area contributed by atoms with Crippen molar-refractivity contribution in [3.05, 3.63) is 0 Å². The van der Waals surface area contributed by atoms with Gasteiger partial charge in [0.1, 0.15) is 16.8 Å². The quantitative estimate of drug-likeness (QED) is 0.100. The van der Waals surface area contributed by atoms with Gasteiger partial charge in [-0.3, -0.25) is 14.4 Å². The smallest absolute Gasteiger partial charge is 0.344 e. The van der Waals surface area contributed by atoms with Crippen LogP contribution in [0.3, 0.4) is 0 Å². The zero-order valence-electron chi connectivity index (χ0n) is 43.3. The minimum Gasteiger partial charge on any atom is -0.457 e. The molecule has 422 valence electrons. The van der Waals surface area contributed by atoms with Crippen LogP contribution in [-0.2, 0) is 57.2 Å². The van der Waals surface area contributed by atoms with Crippen molar-refractivity contribution in [1.29, 1.82) is 0 Å². The molecule has 0 saturated heterocycles. The SMILES string of the molecule is C.C.C.C.C.C.CCC(C)(C)C(=O)OCC(=O)OC(C)(C)C12CC3CC(CC(C3)C1)C2.CCC(C)(C)C(=O)OCC(=O)OC(C)(C)C1CCCCC1.CCC(C)(C)C(=O)OCC(=O)OC1(C)CCCCC1. The number of hydrogen-bond donors (Lipinski definition) is 0. The summed E-state index contributed by atoms with van der Waals surface area (Å²) in [4.78, 5) is 71.7. The minimum absolute atomic E-state index is 0. The van der Waals surface area contributed by atoms with Gasteiger partial charge in [-0.05, 0) is 196 Å². The average Bonchev–Trinajstić information content (AvgIpc) is 3.23. The predicted molar refractivity (Wildman–Crippen MR) is 291 cm³/mol. The van der Waals surface area contributed by atoms with Gasteiger partial charge in [-0.2, -0.15) is 0 Å². The molecule has 6 fully saturated rings. The third-order valence-corrected chi connectivity index (χ3v) is 16.2. The normalized spacial score (nSPS) is 22.1. The summed E-state index contributed by atoms with van der Waals surface area (Å²) in [5, 5.41) is 0. The molecule has 12 nitrogen and oxygen atoms in total. The van der Waals surface area contributed by atoms with Crippen molar-refractivity contribution in [3.63, 3.8) is 0 Å². The molecule has 0 amide bonds. The molecule has 0 heterocycles. The van der Waals surface area contributed by atoms with E-state index in [1.807, 2.05) is 83.1 Å². The van der Waals surface area contributed by atoms with Gasteiger partial charge >= 0.3 is 35.8 Å². The maximum Gasteiger partial charge on any atom is 0.344 e. The van der Waals surface area contributed by atoms with Crippen LogP contribution in [0.2, 0.25) is 0 Å². The first-order valence-electron chi connectivity index (χ1n) is 25.2. The largest absolute Gasteiger partial charge is 0.457 e. The molecule has 0 unspecified atom stereocenters. The van der Waals surface area contributed by atoms with Crippen LogP contribution in [-0.4, -0.2) is 72.4 Å². The second kappa shape index (κ2) is 30.9. The van der Waals surface area contributed by atoms with Gasteiger partial charge in [0.2, 0.25) is 0 Å². The summed E-state index contributed by atoms with van der Waals surface area (Å²) in [5.41, 5.74) is -2.90. The number of rotatable bonds is 17. The van der Waals surface area contributed by atoms with Gasteiger partial charge in [0, 0.05) is 5.41 Å². The summed E-state index contributed by atoms with van der Waals surface area (Å²) < 4.78 is 32.2. The lowest BCUT2D eigenvalue weighted by Gasteiger charge is -2.61. The lowest BCUT2D eigenvalue weighted by molar-refractivity contribution is -0.203. The first-order chi connectivity index (χ1) is 30.0. The van der Waals surface area contributed by atoms with E-state index < -0.39 is 45.4 Å². The molecule has 0 radical (unpaired) electrons. The molecule has 0 aliphatic heterocycles. The van der Waals surface area contributed by atoms with Crippen molar-refractivity contribution in [2.45, 2.75) is 280 Å². The van der Waals surface area contributed by atoms with Gasteiger partial charge in [-0.1, -0.05) is 91.0 Å². The molecule has 6 saturated carbocycles. The third kappa shape index (κ3) is 21.7. The van der Waals surface area contributed by atoms with Gasteiger partial charge in [0.15, 0.2) is 19.8 Å². The second-order valence-corrected chi connectivity index (χ2v) is 23.5. The van der Waals surface area contributed by atoms with Crippen molar-refractivity contribution in [2.75, 3.05) is 19.8 Å². The first-order valence-corrected chi connectivity index (χ1v) is 25.2. The topological polar surface area (TPSA) is 158 Å². The fourth-order valence-corrected chi connectivity index (χ4v) is 10.6. The standard InChI is InChI=1S/C21H34O4.C17H30O4.C15H26O4.6CH4/c1-6-19(2,3)18(23)24-13-17(22)25-20(4,5)21-10-14-7-15(11-21)9-16(8-14)12-21;1-6-16(2,3)15(19)20-12-14(18)21-17(4,5)13-10-8-7-9-11-13;1-5-14(2,3)13(17)18-11-12(16)19-15(4)9-7-6-8-10-15;;;;;;/h14-16H,6-13H2,1-5H3;13H,6-12H2,1-5H3;5-11H2,1-4H3;6*1H4. The van der Waals surface area contributed by atoms with Crippen LogP contribution in [0.25, 0.3) is 0 Å². The number of ether oxygens (including phenoxy) is 6. The number of esters is 6. The zero-order valence-corrected chi connectivity index (χ0v) is 43.3. The summed E-state index contributed by atoms with van der Waals surface area (Å²) in [6.07, 6.45) is 20.7. The van der Waals surface area contributed by atoms with Crippen LogP contribution in [0.1, 0.15) is 263 Å². The molecule has 71 heavy (non-hydrogen) atoms. The maximum absolute atomic E-state index is 12.4. The Morgan fingerprint density at radius 2 is 0.789 bits per heavy atom. The van der Waals surface area contributed by atoms with Crippen LogP contribution in [0.15, 0.2) is 0 Å². The minimum atomic E-state index is -0.560. The van der Waals surface area contributed by atoms with E-state index in [1.54, 1.807) is 0 Å². The van der Waals surface area contributed by atoms with Crippen LogP contribution in [0.5, 0.6) is 0 Å². The summed E-state index contributed by atoms with van der Waals surface area (Å²) in [7, 11) is 0. The number of carbonyl (C=O) groups is 6. The highest BCUT2D eigenvalue weighted by Gasteiger charge is 2.59. The highest BCUT2D eigenvalue weighted by Crippen LogP contribution is 2.64. The average molecular weight is 1020 g/mol. The monoisotopic (exact) mass is 1010 g/mol. The van der Waals surface area contributed by atoms with Crippen LogP contribution in [0.4, 0.5) is 0 Å². The van der Waals surface area contributed by atoms with Gasteiger partial charge in [-0.25, -0.2) is 14.4 Å². The third-order valence-electron chi connectivity index (χ3n) is 16.2. The van der Waals surface area contributed by atoms with Gasteiger partial charge < -0.3 is 28.4 Å². The lowest BCUT2D eigenvalue weighted by atomic mass is 9.46.